The van der Waals surface area contributed by atoms with Crippen molar-refractivity contribution in [2.24, 2.45) is 0 Å². The molecule has 2 aromatic heterocycles. The number of carbonyl (C=O) groups is 2. The van der Waals surface area contributed by atoms with Gasteiger partial charge in [0.1, 0.15) is 0 Å². The molecule has 0 saturated carbocycles. The Labute approximate surface area is 160 Å². The van der Waals surface area contributed by atoms with Crippen LogP contribution in [0, 0.1) is 13.8 Å². The summed E-state index contributed by atoms with van der Waals surface area (Å²) in [7, 11) is 0. The van der Waals surface area contributed by atoms with Crippen LogP contribution in [0.5, 0.6) is 0 Å². The molecule has 140 valence electrons. The summed E-state index contributed by atoms with van der Waals surface area (Å²) < 4.78 is 1.54. The normalized spacial score (nSPS) is 10.9. The number of fused-ring (bicyclic) bond motifs is 1. The van der Waals surface area contributed by atoms with Gasteiger partial charge in [0.2, 0.25) is 5.82 Å². The van der Waals surface area contributed by atoms with Crippen LogP contribution < -0.4 is 5.32 Å². The Morgan fingerprint density at radius 3 is 2.81 bits per heavy atom. The highest BCUT2D eigenvalue weighted by atomic mass is 32.2. The molecule has 0 aliphatic heterocycles. The van der Waals surface area contributed by atoms with Crippen LogP contribution in [-0.4, -0.2) is 42.3 Å². The number of thioether (sulfide) groups is 1. The van der Waals surface area contributed by atoms with Crippen LogP contribution in [0.2, 0.25) is 0 Å². The number of carboxylic acid groups (broad SMARTS) is 1. The zero-order chi connectivity index (χ0) is 19.4. The number of benzene rings is 1. The van der Waals surface area contributed by atoms with E-state index in [1.807, 2.05) is 38.1 Å². The summed E-state index contributed by atoms with van der Waals surface area (Å²) in [5, 5.41) is 15.7. The number of hydrogen-bond acceptors (Lipinski definition) is 6. The van der Waals surface area contributed by atoms with Crippen molar-refractivity contribution in [3.8, 4) is 0 Å². The Bertz CT molecular complexity index is 1000. The smallest absolute Gasteiger partial charge is 0.304 e. The Balaban J connectivity index is 1.68. The van der Waals surface area contributed by atoms with Gasteiger partial charge in [0.05, 0.1) is 6.42 Å². The summed E-state index contributed by atoms with van der Waals surface area (Å²) in [4.78, 5) is 31.5. The molecule has 0 aliphatic rings. The summed E-state index contributed by atoms with van der Waals surface area (Å²) in [6.45, 7) is 3.74. The second-order valence-corrected chi connectivity index (χ2v) is 7.14. The number of amides is 1. The molecule has 3 rings (SSSR count). The van der Waals surface area contributed by atoms with E-state index in [0.717, 1.165) is 17.0 Å². The van der Waals surface area contributed by atoms with Gasteiger partial charge in [0, 0.05) is 28.6 Å². The van der Waals surface area contributed by atoms with Gasteiger partial charge in [-0.2, -0.15) is 16.7 Å². The fourth-order valence-electron chi connectivity index (χ4n) is 2.54. The van der Waals surface area contributed by atoms with E-state index in [1.54, 1.807) is 6.07 Å². The number of carbonyl (C=O) groups excluding carboxylic acids is 1. The fraction of sp³-hybridized carbons (Fsp3) is 0.278. The lowest BCUT2D eigenvalue weighted by Crippen LogP contribution is -2.14. The lowest BCUT2D eigenvalue weighted by molar-refractivity contribution is -0.136. The largest absolute Gasteiger partial charge is 0.481 e. The molecule has 0 aliphatic carbocycles. The molecule has 9 heteroatoms. The van der Waals surface area contributed by atoms with E-state index >= 15 is 0 Å². The Kier molecular flexibility index (Phi) is 5.70. The highest BCUT2D eigenvalue weighted by molar-refractivity contribution is 7.98. The fourth-order valence-corrected chi connectivity index (χ4v) is 3.42. The van der Waals surface area contributed by atoms with E-state index in [4.69, 9.17) is 5.11 Å². The minimum atomic E-state index is -0.802. The Morgan fingerprint density at radius 2 is 2.04 bits per heavy atom. The number of rotatable bonds is 7. The van der Waals surface area contributed by atoms with Gasteiger partial charge in [-0.3, -0.25) is 9.59 Å². The van der Waals surface area contributed by atoms with Gasteiger partial charge in [-0.25, -0.2) is 9.50 Å². The van der Waals surface area contributed by atoms with E-state index in [9.17, 15) is 9.59 Å². The zero-order valence-corrected chi connectivity index (χ0v) is 15.8. The van der Waals surface area contributed by atoms with Crippen LogP contribution in [0.25, 0.3) is 5.78 Å². The molecule has 27 heavy (non-hydrogen) atoms. The number of hydrogen-bond donors (Lipinski definition) is 2. The third-order valence-electron chi connectivity index (χ3n) is 3.74. The van der Waals surface area contributed by atoms with Gasteiger partial charge in [-0.15, -0.1) is 5.10 Å². The molecular formula is C18H19N5O3S. The summed E-state index contributed by atoms with van der Waals surface area (Å²) in [6.07, 6.45) is 0.133. The monoisotopic (exact) mass is 385 g/mol. The van der Waals surface area contributed by atoms with Crippen LogP contribution in [0.4, 0.5) is 5.69 Å². The van der Waals surface area contributed by atoms with Crippen molar-refractivity contribution in [3.05, 3.63) is 53.1 Å². The van der Waals surface area contributed by atoms with Crippen molar-refractivity contribution in [1.29, 1.82) is 0 Å². The molecule has 0 unspecified atom stereocenters. The van der Waals surface area contributed by atoms with Crippen molar-refractivity contribution in [2.75, 3.05) is 11.1 Å². The first kappa shape index (κ1) is 18.8. The lowest BCUT2D eigenvalue weighted by atomic mass is 10.2. The van der Waals surface area contributed by atoms with E-state index in [-0.39, 0.29) is 12.2 Å². The maximum absolute atomic E-state index is 12.5. The molecule has 2 N–H and O–H groups in total. The van der Waals surface area contributed by atoms with Crippen molar-refractivity contribution in [2.45, 2.75) is 26.0 Å². The van der Waals surface area contributed by atoms with Gasteiger partial charge in [-0.05, 0) is 37.6 Å². The molecular weight excluding hydrogens is 366 g/mol. The molecule has 1 amide bonds. The summed E-state index contributed by atoms with van der Waals surface area (Å²) >= 11 is 1.53. The number of carboxylic acids is 1. The van der Waals surface area contributed by atoms with Gasteiger partial charge < -0.3 is 10.4 Å². The zero-order valence-electron chi connectivity index (χ0n) is 15.0. The van der Waals surface area contributed by atoms with Crippen LogP contribution in [0.1, 0.15) is 34.0 Å². The van der Waals surface area contributed by atoms with E-state index in [0.29, 0.717) is 23.0 Å². The molecule has 3 aromatic rings. The molecule has 0 spiro atoms. The molecule has 1 aromatic carbocycles. The number of aryl methyl sites for hydroxylation is 2. The van der Waals surface area contributed by atoms with Crippen LogP contribution in [-0.2, 0) is 10.5 Å². The average molecular weight is 385 g/mol. The molecule has 8 nitrogen and oxygen atoms in total. The number of anilines is 1. The van der Waals surface area contributed by atoms with Gasteiger partial charge in [0.15, 0.2) is 0 Å². The van der Waals surface area contributed by atoms with Crippen molar-refractivity contribution < 1.29 is 14.7 Å². The molecule has 0 fully saturated rings. The molecule has 0 atom stereocenters. The third kappa shape index (κ3) is 4.82. The van der Waals surface area contributed by atoms with Gasteiger partial charge >= 0.3 is 5.97 Å². The SMILES string of the molecule is Cc1cc(C)n2nc(C(=O)Nc3cccc(CSCCC(=O)O)c3)nc2n1. The second-order valence-electron chi connectivity index (χ2n) is 6.04. The standard InChI is InChI=1S/C18H19N5O3S/c1-11-8-12(2)23-18(19-11)21-16(22-23)17(26)20-14-5-3-4-13(9-14)10-27-7-6-15(24)25/h3-5,8-9H,6-7,10H2,1-2H3,(H,20,26)(H,24,25). The Hall–Kier alpha value is -2.94. The maximum atomic E-state index is 12.5. The van der Waals surface area contributed by atoms with E-state index in [1.165, 1.54) is 16.3 Å². The number of aliphatic carboxylic acids is 1. The minimum absolute atomic E-state index is 0.0532. The van der Waals surface area contributed by atoms with Gasteiger partial charge in [0.25, 0.3) is 11.7 Å². The first-order valence-electron chi connectivity index (χ1n) is 8.33. The predicted molar refractivity (Wildman–Crippen MR) is 103 cm³/mol. The topological polar surface area (TPSA) is 109 Å². The number of nitrogens with zero attached hydrogens (tertiary/aromatic N) is 4. The minimum Gasteiger partial charge on any atom is -0.481 e. The van der Waals surface area contributed by atoms with E-state index in [2.05, 4.69) is 20.4 Å². The quantitative estimate of drug-likeness (QED) is 0.602. The maximum Gasteiger partial charge on any atom is 0.304 e. The summed E-state index contributed by atoms with van der Waals surface area (Å²) in [6, 6.07) is 9.29. The van der Waals surface area contributed by atoms with Crippen LogP contribution >= 0.6 is 11.8 Å². The van der Waals surface area contributed by atoms with Crippen LogP contribution in [0.3, 0.4) is 0 Å². The number of nitrogens with one attached hydrogen (secondary N) is 1. The second kappa shape index (κ2) is 8.17. The summed E-state index contributed by atoms with van der Waals surface area (Å²) in [5.41, 5.74) is 3.30. The van der Waals surface area contributed by atoms with Crippen molar-refractivity contribution in [1.82, 2.24) is 19.6 Å². The molecule has 0 bridgehead atoms. The highest BCUT2D eigenvalue weighted by Gasteiger charge is 2.15. The first-order valence-corrected chi connectivity index (χ1v) is 9.48. The van der Waals surface area contributed by atoms with Gasteiger partial charge in [-0.1, -0.05) is 12.1 Å². The Morgan fingerprint density at radius 1 is 1.22 bits per heavy atom. The van der Waals surface area contributed by atoms with Crippen molar-refractivity contribution in [3.63, 3.8) is 0 Å². The predicted octanol–water partition coefficient (Wildman–Crippen LogP) is 2.70. The molecule has 0 radical (unpaired) electrons. The third-order valence-corrected chi connectivity index (χ3v) is 4.77. The van der Waals surface area contributed by atoms with Crippen LogP contribution in [0.15, 0.2) is 30.3 Å². The first-order chi connectivity index (χ1) is 12.9. The average Bonchev–Trinajstić information content (AvgIpc) is 3.03. The molecule has 2 heterocycles. The summed E-state index contributed by atoms with van der Waals surface area (Å²) in [5.74, 6) is 0.449. The molecule has 0 saturated heterocycles. The number of aromatic nitrogens is 4. The lowest BCUT2D eigenvalue weighted by Gasteiger charge is -2.06. The van der Waals surface area contributed by atoms with E-state index < -0.39 is 11.9 Å². The highest BCUT2D eigenvalue weighted by Crippen LogP contribution is 2.18. The van der Waals surface area contributed by atoms with Crippen molar-refractivity contribution >= 4 is 35.1 Å².